The Morgan fingerprint density at radius 2 is 1.85 bits per heavy atom. The van der Waals surface area contributed by atoms with E-state index in [4.69, 9.17) is 14.6 Å². The molecule has 7 heteroatoms. The van der Waals surface area contributed by atoms with Gasteiger partial charge in [0.1, 0.15) is 6.10 Å². The van der Waals surface area contributed by atoms with Crippen molar-refractivity contribution in [3.8, 4) is 11.5 Å². The molecule has 0 saturated heterocycles. The van der Waals surface area contributed by atoms with Crippen LogP contribution in [0.3, 0.4) is 0 Å². The number of methoxy groups -OCH3 is 1. The lowest BCUT2D eigenvalue weighted by molar-refractivity contribution is -0.131. The molecule has 0 saturated carbocycles. The number of amides is 1. The van der Waals surface area contributed by atoms with Crippen LogP contribution in [0.25, 0.3) is 0 Å². The first-order chi connectivity index (χ1) is 12.9. The van der Waals surface area contributed by atoms with Crippen molar-refractivity contribution in [3.63, 3.8) is 0 Å². The number of hydrogen-bond acceptors (Lipinski definition) is 5. The highest BCUT2D eigenvalue weighted by molar-refractivity contribution is 5.84. The highest BCUT2D eigenvalue weighted by Crippen LogP contribution is 2.34. The predicted molar refractivity (Wildman–Crippen MR) is 99.9 cm³/mol. The average Bonchev–Trinajstić information content (AvgIpc) is 2.65. The van der Waals surface area contributed by atoms with E-state index in [1.807, 2.05) is 6.07 Å². The molecule has 0 aliphatic carbocycles. The Morgan fingerprint density at radius 1 is 1.15 bits per heavy atom. The number of carbonyl (C=O) groups is 2. The highest BCUT2D eigenvalue weighted by atomic mass is 16.6. The molecule has 0 aliphatic heterocycles. The third kappa shape index (κ3) is 5.78. The number of phenols is 1. The molecule has 7 nitrogen and oxygen atoms in total. The zero-order valence-corrected chi connectivity index (χ0v) is 15.0. The van der Waals surface area contributed by atoms with Gasteiger partial charge in [-0.05, 0) is 29.8 Å². The Morgan fingerprint density at radius 3 is 2.44 bits per heavy atom. The number of ether oxygens (including phenoxy) is 2. The van der Waals surface area contributed by atoms with Crippen LogP contribution in [0.15, 0.2) is 60.7 Å². The number of carboxylic acids is 1. The van der Waals surface area contributed by atoms with E-state index >= 15 is 0 Å². The Balaban J connectivity index is 2.24. The van der Waals surface area contributed by atoms with E-state index in [9.17, 15) is 14.7 Å². The van der Waals surface area contributed by atoms with Gasteiger partial charge in [-0.1, -0.05) is 37.3 Å². The summed E-state index contributed by atoms with van der Waals surface area (Å²) in [6.45, 7) is 1.71. The van der Waals surface area contributed by atoms with Gasteiger partial charge in [0.25, 0.3) is 0 Å². The molecule has 1 amide bonds. The van der Waals surface area contributed by atoms with E-state index in [0.29, 0.717) is 11.3 Å². The Hall–Kier alpha value is -3.48. The van der Waals surface area contributed by atoms with E-state index in [1.165, 1.54) is 19.3 Å². The SMILES string of the molecule is COc1ccc([C@H](OC(=O)Nc2ccccc2)[C@@H](C)/C=C/C(=O)O)cc1O. The number of para-hydroxylation sites is 1. The maximum atomic E-state index is 12.3. The monoisotopic (exact) mass is 371 g/mol. The average molecular weight is 371 g/mol. The molecular weight excluding hydrogens is 350 g/mol. The van der Waals surface area contributed by atoms with Crippen molar-refractivity contribution in [2.75, 3.05) is 12.4 Å². The van der Waals surface area contributed by atoms with Gasteiger partial charge in [-0.2, -0.15) is 0 Å². The summed E-state index contributed by atoms with van der Waals surface area (Å²) in [6, 6.07) is 13.4. The third-order valence-electron chi connectivity index (χ3n) is 3.81. The fourth-order valence-electron chi connectivity index (χ4n) is 2.48. The fraction of sp³-hybridized carbons (Fsp3) is 0.200. The van der Waals surface area contributed by atoms with Crippen molar-refractivity contribution >= 4 is 17.7 Å². The summed E-state index contributed by atoms with van der Waals surface area (Å²) in [4.78, 5) is 23.1. The van der Waals surface area contributed by atoms with Gasteiger partial charge in [0, 0.05) is 17.7 Å². The predicted octanol–water partition coefficient (Wildman–Crippen LogP) is 3.97. The Kier molecular flexibility index (Phi) is 6.82. The number of hydrogen-bond donors (Lipinski definition) is 3. The first kappa shape index (κ1) is 19.8. The number of nitrogens with one attached hydrogen (secondary N) is 1. The van der Waals surface area contributed by atoms with Crippen LogP contribution in [-0.4, -0.2) is 29.4 Å². The standard InChI is InChI=1S/C20H21NO6/c1-13(8-11-18(23)24)19(14-9-10-17(26-2)16(22)12-14)27-20(25)21-15-6-4-3-5-7-15/h3-13,19,22H,1-2H3,(H,21,25)(H,23,24)/b11-8+/t13-,19+/m0/s1. The minimum absolute atomic E-state index is 0.110. The molecule has 0 radical (unpaired) electrons. The van der Waals surface area contributed by atoms with Crippen molar-refractivity contribution in [1.29, 1.82) is 0 Å². The highest BCUT2D eigenvalue weighted by Gasteiger charge is 2.23. The summed E-state index contributed by atoms with van der Waals surface area (Å²) in [5.41, 5.74) is 1.06. The normalized spacial score (nSPS) is 13.0. The minimum atomic E-state index is -1.10. The molecule has 142 valence electrons. The van der Waals surface area contributed by atoms with Crippen LogP contribution in [0.4, 0.5) is 10.5 Å². The van der Waals surface area contributed by atoms with Gasteiger partial charge in [-0.25, -0.2) is 9.59 Å². The summed E-state index contributed by atoms with van der Waals surface area (Å²) in [6.07, 6.45) is 0.891. The van der Waals surface area contributed by atoms with Crippen LogP contribution < -0.4 is 10.1 Å². The second-order valence-electron chi connectivity index (χ2n) is 5.80. The second kappa shape index (κ2) is 9.28. The van der Waals surface area contributed by atoms with Gasteiger partial charge in [-0.3, -0.25) is 5.32 Å². The Labute approximate surface area is 156 Å². The summed E-state index contributed by atoms with van der Waals surface area (Å²) in [7, 11) is 1.42. The molecule has 0 spiro atoms. The van der Waals surface area contributed by atoms with Crippen molar-refractivity contribution in [3.05, 3.63) is 66.2 Å². The van der Waals surface area contributed by atoms with Gasteiger partial charge >= 0.3 is 12.1 Å². The molecular formula is C20H21NO6. The van der Waals surface area contributed by atoms with Crippen LogP contribution in [0, 0.1) is 5.92 Å². The number of carbonyl (C=O) groups excluding carboxylic acids is 1. The van der Waals surface area contributed by atoms with Gasteiger partial charge in [0.2, 0.25) is 0 Å². The first-order valence-electron chi connectivity index (χ1n) is 8.21. The lowest BCUT2D eigenvalue weighted by Crippen LogP contribution is -2.21. The zero-order valence-electron chi connectivity index (χ0n) is 15.0. The molecule has 2 aromatic carbocycles. The van der Waals surface area contributed by atoms with Crippen molar-refractivity contribution < 1.29 is 29.3 Å². The zero-order chi connectivity index (χ0) is 19.8. The van der Waals surface area contributed by atoms with Gasteiger partial charge in [0.05, 0.1) is 7.11 Å². The number of aliphatic carboxylic acids is 1. The molecule has 0 heterocycles. The molecule has 0 aliphatic rings. The molecule has 2 atom stereocenters. The fourth-order valence-corrected chi connectivity index (χ4v) is 2.48. The van der Waals surface area contributed by atoms with Crippen LogP contribution in [0.5, 0.6) is 11.5 Å². The van der Waals surface area contributed by atoms with E-state index in [-0.39, 0.29) is 11.5 Å². The molecule has 0 aromatic heterocycles. The van der Waals surface area contributed by atoms with E-state index < -0.39 is 24.1 Å². The second-order valence-corrected chi connectivity index (χ2v) is 5.80. The molecule has 2 aromatic rings. The molecule has 27 heavy (non-hydrogen) atoms. The maximum absolute atomic E-state index is 12.3. The molecule has 0 fully saturated rings. The van der Waals surface area contributed by atoms with E-state index in [0.717, 1.165) is 6.08 Å². The van der Waals surface area contributed by atoms with Gasteiger partial charge in [-0.15, -0.1) is 0 Å². The number of anilines is 1. The van der Waals surface area contributed by atoms with Gasteiger partial charge < -0.3 is 19.7 Å². The lowest BCUT2D eigenvalue weighted by Gasteiger charge is -2.23. The molecule has 0 unspecified atom stereocenters. The van der Waals surface area contributed by atoms with Crippen LogP contribution in [-0.2, 0) is 9.53 Å². The number of aromatic hydroxyl groups is 1. The summed E-state index contributed by atoms with van der Waals surface area (Å²) >= 11 is 0. The first-order valence-corrected chi connectivity index (χ1v) is 8.21. The number of carboxylic acid groups (broad SMARTS) is 1. The topological polar surface area (TPSA) is 105 Å². The quantitative estimate of drug-likeness (QED) is 0.636. The number of phenolic OH excluding ortho intramolecular Hbond substituents is 1. The van der Waals surface area contributed by atoms with Crippen molar-refractivity contribution in [1.82, 2.24) is 0 Å². The summed E-state index contributed by atoms with van der Waals surface area (Å²) in [5, 5.41) is 21.5. The molecule has 2 rings (SSSR count). The lowest BCUT2D eigenvalue weighted by atomic mass is 9.96. The van der Waals surface area contributed by atoms with Crippen molar-refractivity contribution in [2.45, 2.75) is 13.0 Å². The van der Waals surface area contributed by atoms with Crippen LogP contribution in [0.1, 0.15) is 18.6 Å². The van der Waals surface area contributed by atoms with Gasteiger partial charge in [0.15, 0.2) is 11.5 Å². The smallest absolute Gasteiger partial charge is 0.412 e. The number of rotatable bonds is 7. The van der Waals surface area contributed by atoms with Crippen LogP contribution in [0.2, 0.25) is 0 Å². The maximum Gasteiger partial charge on any atom is 0.412 e. The molecule has 3 N–H and O–H groups in total. The van der Waals surface area contributed by atoms with Crippen molar-refractivity contribution in [2.24, 2.45) is 5.92 Å². The van der Waals surface area contributed by atoms with E-state index in [1.54, 1.807) is 43.3 Å². The molecule has 0 bridgehead atoms. The largest absolute Gasteiger partial charge is 0.504 e. The summed E-state index contributed by atoms with van der Waals surface area (Å²) in [5.74, 6) is -1.40. The number of benzene rings is 2. The van der Waals surface area contributed by atoms with E-state index in [2.05, 4.69) is 5.32 Å². The minimum Gasteiger partial charge on any atom is -0.504 e. The van der Waals surface area contributed by atoms with Crippen LogP contribution >= 0.6 is 0 Å². The Bertz CT molecular complexity index is 818. The third-order valence-corrected chi connectivity index (χ3v) is 3.81. The summed E-state index contributed by atoms with van der Waals surface area (Å²) < 4.78 is 10.5.